The van der Waals surface area contributed by atoms with Crippen molar-refractivity contribution in [1.29, 1.82) is 0 Å². The zero-order chi connectivity index (χ0) is 17.9. The highest BCUT2D eigenvalue weighted by Crippen LogP contribution is 2.25. The minimum Gasteiger partial charge on any atom is -0.393 e. The van der Waals surface area contributed by atoms with Crippen molar-refractivity contribution in [3.05, 3.63) is 29.8 Å². The van der Waals surface area contributed by atoms with Crippen LogP contribution in [0.25, 0.3) is 0 Å². The van der Waals surface area contributed by atoms with Crippen molar-refractivity contribution in [2.45, 2.75) is 46.6 Å². The van der Waals surface area contributed by atoms with Crippen LogP contribution >= 0.6 is 0 Å². The number of hydrogen-bond donors (Lipinski definition) is 2. The van der Waals surface area contributed by atoms with Crippen LogP contribution in [0, 0.1) is 11.3 Å². The second-order valence-electron chi connectivity index (χ2n) is 7.62. The molecule has 1 saturated heterocycles. The lowest BCUT2D eigenvalue weighted by Crippen LogP contribution is -2.41. The average molecular weight is 332 g/mol. The number of aliphatic hydroxyl groups excluding tert-OH is 1. The first-order chi connectivity index (χ1) is 11.2. The molecule has 0 aromatic heterocycles. The molecule has 1 aromatic carbocycles. The summed E-state index contributed by atoms with van der Waals surface area (Å²) in [5.41, 5.74) is 0.553. The molecule has 0 bridgehead atoms. The molecule has 1 aromatic rings. The van der Waals surface area contributed by atoms with Crippen LogP contribution in [0.15, 0.2) is 24.3 Å². The van der Waals surface area contributed by atoms with Gasteiger partial charge >= 0.3 is 0 Å². The highest BCUT2D eigenvalue weighted by Gasteiger charge is 2.28. The molecule has 1 heterocycles. The molecule has 0 saturated carbocycles. The summed E-state index contributed by atoms with van der Waals surface area (Å²) >= 11 is 0. The van der Waals surface area contributed by atoms with Crippen LogP contribution in [0.2, 0.25) is 0 Å². The SMILES string of the molecule is CC(O)C1CCN(C(=O)c2ccccc2NC(=O)C(C)(C)C)CC1. The lowest BCUT2D eigenvalue weighted by atomic mass is 9.92. The first-order valence-corrected chi connectivity index (χ1v) is 8.58. The number of para-hydroxylation sites is 1. The molecule has 2 rings (SSSR count). The van der Waals surface area contributed by atoms with Gasteiger partial charge in [-0.3, -0.25) is 9.59 Å². The number of rotatable bonds is 3. The Morgan fingerprint density at radius 1 is 1.21 bits per heavy atom. The number of hydrogen-bond acceptors (Lipinski definition) is 3. The van der Waals surface area contributed by atoms with Crippen molar-refractivity contribution < 1.29 is 14.7 Å². The number of carbonyl (C=O) groups is 2. The summed E-state index contributed by atoms with van der Waals surface area (Å²) in [6.07, 6.45) is 1.28. The van der Waals surface area contributed by atoms with Crippen molar-refractivity contribution in [1.82, 2.24) is 4.90 Å². The van der Waals surface area contributed by atoms with Crippen LogP contribution in [0.1, 0.15) is 50.9 Å². The first kappa shape index (κ1) is 18.5. The minimum atomic E-state index is -0.522. The number of nitrogens with one attached hydrogen (secondary N) is 1. The maximum absolute atomic E-state index is 12.8. The van der Waals surface area contributed by atoms with Gasteiger partial charge in [0.15, 0.2) is 0 Å². The molecule has 0 aliphatic carbocycles. The summed E-state index contributed by atoms with van der Waals surface area (Å²) in [7, 11) is 0. The molecule has 1 fully saturated rings. The Morgan fingerprint density at radius 2 is 1.79 bits per heavy atom. The van der Waals surface area contributed by atoms with Gasteiger partial charge in [0.25, 0.3) is 5.91 Å². The van der Waals surface area contributed by atoms with E-state index in [0.717, 1.165) is 12.8 Å². The number of piperidine rings is 1. The van der Waals surface area contributed by atoms with Crippen molar-refractivity contribution in [2.75, 3.05) is 18.4 Å². The maximum Gasteiger partial charge on any atom is 0.255 e. The quantitative estimate of drug-likeness (QED) is 0.894. The van der Waals surface area contributed by atoms with E-state index in [-0.39, 0.29) is 23.8 Å². The van der Waals surface area contributed by atoms with Gasteiger partial charge in [0.2, 0.25) is 5.91 Å². The number of aliphatic hydroxyl groups is 1. The van der Waals surface area contributed by atoms with E-state index in [0.29, 0.717) is 24.3 Å². The topological polar surface area (TPSA) is 69.6 Å². The maximum atomic E-state index is 12.8. The third-order valence-electron chi connectivity index (χ3n) is 4.60. The van der Waals surface area contributed by atoms with Gasteiger partial charge in [0.1, 0.15) is 0 Å². The molecule has 1 unspecified atom stereocenters. The zero-order valence-electron chi connectivity index (χ0n) is 15.0. The van der Waals surface area contributed by atoms with E-state index in [1.54, 1.807) is 24.0 Å². The molecule has 132 valence electrons. The molecule has 2 N–H and O–H groups in total. The van der Waals surface area contributed by atoms with Gasteiger partial charge in [-0.25, -0.2) is 0 Å². The highest BCUT2D eigenvalue weighted by atomic mass is 16.3. The Balaban J connectivity index is 2.12. The largest absolute Gasteiger partial charge is 0.393 e. The van der Waals surface area contributed by atoms with Crippen molar-refractivity contribution in [3.8, 4) is 0 Å². The Bertz CT molecular complexity index is 597. The molecule has 0 radical (unpaired) electrons. The van der Waals surface area contributed by atoms with Crippen LogP contribution in [-0.2, 0) is 4.79 Å². The number of nitrogens with zero attached hydrogens (tertiary/aromatic N) is 1. The first-order valence-electron chi connectivity index (χ1n) is 8.58. The summed E-state index contributed by atoms with van der Waals surface area (Å²) in [6, 6.07) is 7.14. The van der Waals surface area contributed by atoms with Crippen molar-refractivity contribution in [2.24, 2.45) is 11.3 Å². The normalized spacial score (nSPS) is 17.5. The van der Waals surface area contributed by atoms with E-state index >= 15 is 0 Å². The van der Waals surface area contributed by atoms with Crippen molar-refractivity contribution in [3.63, 3.8) is 0 Å². The fraction of sp³-hybridized carbons (Fsp3) is 0.579. The third-order valence-corrected chi connectivity index (χ3v) is 4.60. The summed E-state index contributed by atoms with van der Waals surface area (Å²) < 4.78 is 0. The van der Waals surface area contributed by atoms with Gasteiger partial charge in [-0.2, -0.15) is 0 Å². The predicted molar refractivity (Wildman–Crippen MR) is 94.8 cm³/mol. The number of likely N-dealkylation sites (tertiary alicyclic amines) is 1. The Morgan fingerprint density at radius 3 is 2.33 bits per heavy atom. The second kappa shape index (κ2) is 7.34. The fourth-order valence-corrected chi connectivity index (χ4v) is 2.84. The van der Waals surface area contributed by atoms with E-state index in [1.165, 1.54) is 0 Å². The Labute approximate surface area is 144 Å². The molecule has 0 spiro atoms. The highest BCUT2D eigenvalue weighted by molar-refractivity contribution is 6.04. The van der Waals surface area contributed by atoms with Gasteiger partial charge in [0, 0.05) is 18.5 Å². The number of benzene rings is 1. The van der Waals surface area contributed by atoms with Gasteiger partial charge < -0.3 is 15.3 Å². The lowest BCUT2D eigenvalue weighted by molar-refractivity contribution is -0.123. The second-order valence-corrected chi connectivity index (χ2v) is 7.62. The third kappa shape index (κ3) is 4.35. The molecule has 5 nitrogen and oxygen atoms in total. The van der Waals surface area contributed by atoms with Crippen LogP contribution in [0.3, 0.4) is 0 Å². The van der Waals surface area contributed by atoms with Crippen LogP contribution < -0.4 is 5.32 Å². The molecule has 1 aliphatic rings. The number of amides is 2. The number of anilines is 1. The molecule has 5 heteroatoms. The molecular weight excluding hydrogens is 304 g/mol. The van der Waals surface area contributed by atoms with Gasteiger partial charge in [-0.15, -0.1) is 0 Å². The summed E-state index contributed by atoms with van der Waals surface area (Å²) in [5.74, 6) is 0.0734. The van der Waals surface area contributed by atoms with Crippen LogP contribution in [-0.4, -0.2) is 41.0 Å². The van der Waals surface area contributed by atoms with Gasteiger partial charge in [-0.05, 0) is 37.8 Å². The van der Waals surface area contributed by atoms with Crippen LogP contribution in [0.5, 0.6) is 0 Å². The van der Waals surface area contributed by atoms with Gasteiger partial charge in [-0.1, -0.05) is 32.9 Å². The summed E-state index contributed by atoms with van der Waals surface area (Å²) in [5, 5.41) is 12.6. The fourth-order valence-electron chi connectivity index (χ4n) is 2.84. The molecule has 1 aliphatic heterocycles. The van der Waals surface area contributed by atoms with E-state index in [4.69, 9.17) is 0 Å². The Hall–Kier alpha value is -1.88. The molecule has 2 amide bonds. The zero-order valence-corrected chi connectivity index (χ0v) is 15.0. The monoisotopic (exact) mass is 332 g/mol. The van der Waals surface area contributed by atoms with E-state index in [9.17, 15) is 14.7 Å². The van der Waals surface area contributed by atoms with E-state index in [2.05, 4.69) is 5.32 Å². The molecule has 24 heavy (non-hydrogen) atoms. The van der Waals surface area contributed by atoms with E-state index in [1.807, 2.05) is 32.9 Å². The number of carbonyl (C=O) groups excluding carboxylic acids is 2. The standard InChI is InChI=1S/C19H28N2O3/c1-13(22)14-9-11-21(12-10-14)17(23)15-7-5-6-8-16(15)20-18(24)19(2,3)4/h5-8,13-14,22H,9-12H2,1-4H3,(H,20,24). The lowest BCUT2D eigenvalue weighted by Gasteiger charge is -2.33. The summed E-state index contributed by atoms with van der Waals surface area (Å²) in [4.78, 5) is 26.9. The minimum absolute atomic E-state index is 0.0659. The van der Waals surface area contributed by atoms with E-state index < -0.39 is 5.41 Å². The Kier molecular flexibility index (Phi) is 5.65. The molecule has 1 atom stereocenters. The van der Waals surface area contributed by atoms with Crippen molar-refractivity contribution >= 4 is 17.5 Å². The van der Waals surface area contributed by atoms with Crippen LogP contribution in [0.4, 0.5) is 5.69 Å². The van der Waals surface area contributed by atoms with Gasteiger partial charge in [0.05, 0.1) is 17.4 Å². The average Bonchev–Trinajstić information content (AvgIpc) is 2.54. The molecular formula is C19H28N2O3. The smallest absolute Gasteiger partial charge is 0.255 e. The predicted octanol–water partition coefficient (Wildman–Crippen LogP) is 2.90. The summed E-state index contributed by atoms with van der Waals surface area (Å²) in [6.45, 7) is 8.60.